The molecule has 0 fully saturated rings. The molecule has 214 valence electrons. The molecule has 43 heavy (non-hydrogen) atoms. The number of hydrogen-bond acceptors (Lipinski definition) is 6. The lowest BCUT2D eigenvalue weighted by Gasteiger charge is -2.26. The van der Waals surface area contributed by atoms with Gasteiger partial charge in [-0.15, -0.1) is 0 Å². The van der Waals surface area contributed by atoms with E-state index < -0.39 is 24.2 Å². The number of carbonyl (C=O) groups is 1. The maximum atomic E-state index is 13.2. The third-order valence-corrected chi connectivity index (χ3v) is 6.52. The van der Waals surface area contributed by atoms with E-state index in [9.17, 15) is 27.6 Å². The van der Waals surface area contributed by atoms with Crippen molar-refractivity contribution < 1.29 is 27.6 Å². The minimum atomic E-state index is -4.58. The molecule has 1 N–H and O–H groups in total. The molecular formula is C32H22F3N5O3. The summed E-state index contributed by atoms with van der Waals surface area (Å²) in [5, 5.41) is 7.19. The molecule has 11 heteroatoms. The van der Waals surface area contributed by atoms with Gasteiger partial charge in [-0.3, -0.25) is 14.5 Å². The van der Waals surface area contributed by atoms with Gasteiger partial charge in [0, 0.05) is 23.6 Å². The maximum Gasteiger partial charge on any atom is 0.416 e. The number of pyridine rings is 1. The second-order valence-corrected chi connectivity index (χ2v) is 9.37. The highest BCUT2D eigenvalue weighted by atomic mass is 19.4. The average Bonchev–Trinajstić information content (AvgIpc) is 3.44. The Morgan fingerprint density at radius 1 is 0.953 bits per heavy atom. The monoisotopic (exact) mass is 581 g/mol. The lowest BCUT2D eigenvalue weighted by Crippen LogP contribution is -2.32. The first-order valence-corrected chi connectivity index (χ1v) is 12.9. The van der Waals surface area contributed by atoms with E-state index in [0.29, 0.717) is 28.2 Å². The van der Waals surface area contributed by atoms with Crippen LogP contribution in [0.2, 0.25) is 0 Å². The fourth-order valence-electron chi connectivity index (χ4n) is 4.52. The third kappa shape index (κ3) is 6.60. The number of carbonyl (C=O) groups excluding carboxylic acids is 3. The summed E-state index contributed by atoms with van der Waals surface area (Å²) < 4.78 is 41.1. The molecule has 0 radical (unpaired) electrons. The molecule has 3 heterocycles. The number of halogens is 3. The van der Waals surface area contributed by atoms with Crippen molar-refractivity contribution in [2.45, 2.75) is 12.7 Å². The minimum Gasteiger partial charge on any atom is -0.325 e. The summed E-state index contributed by atoms with van der Waals surface area (Å²) in [6.07, 6.45) is 3.27. The smallest absolute Gasteiger partial charge is 0.325 e. The summed E-state index contributed by atoms with van der Waals surface area (Å²) in [4.78, 5) is 42.2. The number of anilines is 1. The van der Waals surface area contributed by atoms with E-state index in [0.717, 1.165) is 17.7 Å². The Hall–Kier alpha value is -5.76. The Balaban J connectivity index is 1.48. The Bertz CT molecular complexity index is 1820. The van der Waals surface area contributed by atoms with Crippen LogP contribution in [-0.2, 0) is 27.1 Å². The van der Waals surface area contributed by atoms with Crippen molar-refractivity contribution in [1.29, 1.82) is 0 Å². The summed E-state index contributed by atoms with van der Waals surface area (Å²) in [6, 6.07) is 18.8. The van der Waals surface area contributed by atoms with E-state index in [2.05, 4.69) is 10.3 Å². The Morgan fingerprint density at radius 2 is 1.77 bits per heavy atom. The molecular weight excluding hydrogens is 559 g/mol. The van der Waals surface area contributed by atoms with Crippen LogP contribution in [0.4, 0.5) is 18.9 Å². The lowest BCUT2D eigenvalue weighted by atomic mass is 10.1. The highest BCUT2D eigenvalue weighted by Crippen LogP contribution is 2.32. The van der Waals surface area contributed by atoms with Gasteiger partial charge in [0.25, 0.3) is 0 Å². The second kappa shape index (κ2) is 12.4. The van der Waals surface area contributed by atoms with Gasteiger partial charge in [0.2, 0.25) is 5.91 Å². The number of allylic oxidation sites excluding steroid dienone is 4. The van der Waals surface area contributed by atoms with Gasteiger partial charge in [0.15, 0.2) is 5.94 Å². The summed E-state index contributed by atoms with van der Waals surface area (Å²) in [5.74, 6) is 3.11. The zero-order valence-electron chi connectivity index (χ0n) is 22.4. The SMILES string of the molecule is O=C=C(Cn1nc(C2=CC=CC(=C=O)N2CC(=O)Nc2cccc(C(F)(F)F)c2)cc1-c1ccccc1)c1cccnc1. The largest absolute Gasteiger partial charge is 0.416 e. The molecule has 0 saturated heterocycles. The minimum absolute atomic E-state index is 0.0244. The third-order valence-electron chi connectivity index (χ3n) is 6.52. The normalized spacial score (nSPS) is 12.8. The van der Waals surface area contributed by atoms with Crippen molar-refractivity contribution in [1.82, 2.24) is 19.7 Å². The van der Waals surface area contributed by atoms with Crippen molar-refractivity contribution in [3.05, 3.63) is 126 Å². The highest BCUT2D eigenvalue weighted by Gasteiger charge is 2.31. The summed E-state index contributed by atoms with van der Waals surface area (Å²) in [7, 11) is 0. The Morgan fingerprint density at radius 3 is 2.47 bits per heavy atom. The van der Waals surface area contributed by atoms with Gasteiger partial charge >= 0.3 is 6.18 Å². The average molecular weight is 582 g/mol. The van der Waals surface area contributed by atoms with E-state index in [1.165, 1.54) is 23.1 Å². The predicted molar refractivity (Wildman–Crippen MR) is 154 cm³/mol. The van der Waals surface area contributed by atoms with Gasteiger partial charge in [0.1, 0.15) is 23.9 Å². The van der Waals surface area contributed by atoms with E-state index in [-0.39, 0.29) is 17.9 Å². The van der Waals surface area contributed by atoms with Crippen LogP contribution in [0.3, 0.4) is 0 Å². The fourth-order valence-corrected chi connectivity index (χ4v) is 4.52. The number of rotatable bonds is 8. The van der Waals surface area contributed by atoms with Crippen LogP contribution in [0.25, 0.3) is 22.5 Å². The van der Waals surface area contributed by atoms with Crippen LogP contribution in [0, 0.1) is 0 Å². The van der Waals surface area contributed by atoms with Gasteiger partial charge in [-0.1, -0.05) is 48.5 Å². The molecule has 0 aliphatic carbocycles. The molecule has 4 aromatic rings. The van der Waals surface area contributed by atoms with Crippen LogP contribution >= 0.6 is 0 Å². The van der Waals surface area contributed by atoms with Crippen molar-refractivity contribution >= 4 is 34.7 Å². The molecule has 2 aromatic heterocycles. The molecule has 8 nitrogen and oxygen atoms in total. The molecule has 5 rings (SSSR count). The summed E-state index contributed by atoms with van der Waals surface area (Å²) in [5.41, 5.74) is 2.14. The number of alkyl halides is 3. The van der Waals surface area contributed by atoms with Gasteiger partial charge in [-0.25, -0.2) is 9.59 Å². The number of benzene rings is 2. The fraction of sp³-hybridized carbons (Fsp3) is 0.0938. The standard InChI is InChI=1S/C32H22F3N5O3/c33-32(34,35)25-10-4-11-26(15-25)37-31(43)19-39-27(21-42)12-5-13-29(39)28-16-30(22-7-2-1-3-8-22)40(38-28)18-24(20-41)23-9-6-14-36-17-23/h1-17H,18-19H2,(H,37,43). The first-order chi connectivity index (χ1) is 20.8. The molecule has 0 spiro atoms. The summed E-state index contributed by atoms with van der Waals surface area (Å²) >= 11 is 0. The quantitative estimate of drug-likeness (QED) is 0.278. The van der Waals surface area contributed by atoms with Crippen LogP contribution in [0.5, 0.6) is 0 Å². The van der Waals surface area contributed by atoms with E-state index in [1.54, 1.807) is 47.4 Å². The molecule has 2 aromatic carbocycles. The van der Waals surface area contributed by atoms with Crippen LogP contribution in [-0.4, -0.2) is 44.0 Å². The maximum absolute atomic E-state index is 13.2. The van der Waals surface area contributed by atoms with Gasteiger partial charge in [0.05, 0.1) is 29.1 Å². The van der Waals surface area contributed by atoms with Crippen LogP contribution in [0.15, 0.2) is 109 Å². The Kier molecular flexibility index (Phi) is 8.29. The van der Waals surface area contributed by atoms with E-state index >= 15 is 0 Å². The van der Waals surface area contributed by atoms with Crippen molar-refractivity contribution in [2.75, 3.05) is 11.9 Å². The molecule has 1 aliphatic heterocycles. The molecule has 0 saturated carbocycles. The van der Waals surface area contributed by atoms with Gasteiger partial charge in [-0.2, -0.15) is 18.3 Å². The summed E-state index contributed by atoms with van der Waals surface area (Å²) in [6.45, 7) is -0.366. The molecule has 1 aliphatic rings. The van der Waals surface area contributed by atoms with E-state index in [1.807, 2.05) is 42.2 Å². The zero-order chi connectivity index (χ0) is 30.4. The lowest BCUT2D eigenvalue weighted by molar-refractivity contribution is -0.137. The molecule has 0 unspecified atom stereocenters. The number of aromatic nitrogens is 3. The van der Waals surface area contributed by atoms with Gasteiger partial charge < -0.3 is 10.2 Å². The van der Waals surface area contributed by atoms with Crippen molar-refractivity contribution in [3.8, 4) is 11.3 Å². The molecule has 1 amide bonds. The number of nitrogens with zero attached hydrogens (tertiary/aromatic N) is 4. The highest BCUT2D eigenvalue weighted by molar-refractivity contribution is 5.94. The van der Waals surface area contributed by atoms with Crippen LogP contribution in [0.1, 0.15) is 16.8 Å². The Labute approximate surface area is 243 Å². The molecule has 0 bridgehead atoms. The first kappa shape index (κ1) is 28.8. The first-order valence-electron chi connectivity index (χ1n) is 12.9. The number of nitrogens with one attached hydrogen (secondary N) is 1. The number of hydrogen-bond donors (Lipinski definition) is 1. The van der Waals surface area contributed by atoms with Crippen molar-refractivity contribution in [2.24, 2.45) is 0 Å². The number of amides is 1. The topological polar surface area (TPSA) is 97.2 Å². The van der Waals surface area contributed by atoms with Crippen molar-refractivity contribution in [3.63, 3.8) is 0 Å². The van der Waals surface area contributed by atoms with Gasteiger partial charge in [-0.05, 0) is 48.0 Å². The second-order valence-electron chi connectivity index (χ2n) is 9.37. The van der Waals surface area contributed by atoms with Crippen LogP contribution < -0.4 is 5.32 Å². The predicted octanol–water partition coefficient (Wildman–Crippen LogP) is 5.45. The zero-order valence-corrected chi connectivity index (χ0v) is 22.4. The molecule has 0 atom stereocenters. The van der Waals surface area contributed by atoms with E-state index in [4.69, 9.17) is 5.10 Å².